The van der Waals surface area contributed by atoms with Crippen LogP contribution in [0.4, 0.5) is 5.69 Å². The van der Waals surface area contributed by atoms with Crippen LogP contribution < -0.4 is 19.5 Å². The van der Waals surface area contributed by atoms with Gasteiger partial charge in [0.25, 0.3) is 5.69 Å². The zero-order valence-corrected chi connectivity index (χ0v) is 18.9. The van der Waals surface area contributed by atoms with Crippen LogP contribution in [0.5, 0.6) is 17.2 Å². The summed E-state index contributed by atoms with van der Waals surface area (Å²) in [5, 5.41) is 13.2. The second kappa shape index (κ2) is 11.5. The molecular weight excluding hydrogens is 440 g/mol. The summed E-state index contributed by atoms with van der Waals surface area (Å²) >= 11 is 0. The number of nitro groups is 1. The first-order valence-electron chi connectivity index (χ1n) is 9.75. The molecule has 11 heteroatoms. The van der Waals surface area contributed by atoms with Gasteiger partial charge in [-0.15, -0.1) is 0 Å². The highest BCUT2D eigenvalue weighted by Crippen LogP contribution is 2.38. The van der Waals surface area contributed by atoms with E-state index in [4.69, 9.17) is 14.2 Å². The molecule has 174 valence electrons. The minimum absolute atomic E-state index is 0.0179. The first-order chi connectivity index (χ1) is 15.2. The lowest BCUT2D eigenvalue weighted by atomic mass is 10.1. The van der Waals surface area contributed by atoms with Crippen LogP contribution in [0.1, 0.15) is 24.0 Å². The van der Waals surface area contributed by atoms with Crippen LogP contribution in [-0.2, 0) is 10.1 Å². The van der Waals surface area contributed by atoms with Crippen LogP contribution in [0.25, 0.3) is 12.2 Å². The van der Waals surface area contributed by atoms with E-state index >= 15 is 0 Å². The molecule has 1 aliphatic heterocycles. The molecule has 1 aliphatic rings. The van der Waals surface area contributed by atoms with E-state index in [1.54, 1.807) is 12.1 Å². The summed E-state index contributed by atoms with van der Waals surface area (Å²) < 4.78 is 50.0. The van der Waals surface area contributed by atoms with Crippen LogP contribution in [0, 0.1) is 10.1 Å². The minimum Gasteiger partial charge on any atom is -0.744 e. The molecule has 0 amide bonds. The predicted octanol–water partition coefficient (Wildman–Crippen LogP) is 2.04. The monoisotopic (exact) mass is 466 g/mol. The van der Waals surface area contributed by atoms with Gasteiger partial charge in [-0.05, 0) is 29.3 Å². The average molecular weight is 467 g/mol. The van der Waals surface area contributed by atoms with E-state index < -0.39 is 25.6 Å². The summed E-state index contributed by atoms with van der Waals surface area (Å²) in [5.74, 6) is 1.16. The van der Waals surface area contributed by atoms with Gasteiger partial charge in [-0.25, -0.2) is 8.42 Å². The van der Waals surface area contributed by atoms with E-state index in [-0.39, 0.29) is 5.56 Å². The smallest absolute Gasteiger partial charge is 0.270 e. The number of non-ortho nitro benzene ring substituents is 1. The maximum absolute atomic E-state index is 11.5. The Morgan fingerprint density at radius 1 is 0.969 bits per heavy atom. The fraction of sp³-hybridized carbons (Fsp3) is 0.333. The molecule has 1 fully saturated rings. The van der Waals surface area contributed by atoms with Gasteiger partial charge >= 0.3 is 0 Å². The SMILES string of the molecule is C1CC[NH2+]C1.COc1cc(/C=C/c2ccc([N+](=O)[O-])cc2S(=O)(=O)[O-])cc(OC)c1OC. The maximum Gasteiger partial charge on any atom is 0.270 e. The number of methoxy groups -OCH3 is 3. The van der Waals surface area contributed by atoms with Crippen LogP contribution in [0.3, 0.4) is 0 Å². The van der Waals surface area contributed by atoms with Crippen molar-refractivity contribution < 1.29 is 37.4 Å². The number of nitrogens with zero attached hydrogens (tertiary/aromatic N) is 1. The van der Waals surface area contributed by atoms with E-state index in [9.17, 15) is 23.1 Å². The molecule has 1 heterocycles. The number of ether oxygens (including phenoxy) is 3. The molecule has 0 radical (unpaired) electrons. The zero-order valence-electron chi connectivity index (χ0n) is 18.1. The van der Waals surface area contributed by atoms with Gasteiger partial charge < -0.3 is 24.1 Å². The molecule has 3 rings (SSSR count). The van der Waals surface area contributed by atoms with Gasteiger partial charge in [0.2, 0.25) is 5.75 Å². The first-order valence-corrected chi connectivity index (χ1v) is 11.2. The molecule has 0 aliphatic carbocycles. The summed E-state index contributed by atoms with van der Waals surface area (Å²) in [7, 11) is -0.553. The van der Waals surface area contributed by atoms with Gasteiger partial charge in [-0.1, -0.05) is 12.2 Å². The number of hydrogen-bond donors (Lipinski definition) is 1. The highest BCUT2D eigenvalue weighted by atomic mass is 32.2. The van der Waals surface area contributed by atoms with Gasteiger partial charge in [-0.2, -0.15) is 0 Å². The van der Waals surface area contributed by atoms with Crippen molar-refractivity contribution in [3.63, 3.8) is 0 Å². The van der Waals surface area contributed by atoms with E-state index in [1.165, 1.54) is 65.5 Å². The van der Waals surface area contributed by atoms with Gasteiger partial charge in [0.15, 0.2) is 11.5 Å². The van der Waals surface area contributed by atoms with Crippen molar-refractivity contribution in [2.24, 2.45) is 0 Å². The normalized spacial score (nSPS) is 13.4. The summed E-state index contributed by atoms with van der Waals surface area (Å²) in [6.45, 7) is 2.75. The zero-order chi connectivity index (χ0) is 23.7. The number of benzene rings is 2. The molecule has 0 bridgehead atoms. The topological polar surface area (TPSA) is 145 Å². The van der Waals surface area contributed by atoms with Crippen molar-refractivity contribution in [3.8, 4) is 17.2 Å². The Morgan fingerprint density at radius 2 is 1.56 bits per heavy atom. The fourth-order valence-corrected chi connectivity index (χ4v) is 3.79. The Morgan fingerprint density at radius 3 is 1.97 bits per heavy atom. The van der Waals surface area contributed by atoms with E-state index in [2.05, 4.69) is 5.32 Å². The number of nitrogens with two attached hydrogens (primary N) is 1. The summed E-state index contributed by atoms with van der Waals surface area (Å²) in [4.78, 5) is 9.37. The molecule has 0 aromatic heterocycles. The molecule has 0 atom stereocenters. The fourth-order valence-electron chi connectivity index (χ4n) is 3.10. The molecule has 2 aromatic rings. The average Bonchev–Trinajstić information content (AvgIpc) is 3.36. The number of hydrogen-bond acceptors (Lipinski definition) is 8. The Labute approximate surface area is 186 Å². The third-order valence-electron chi connectivity index (χ3n) is 4.69. The van der Waals surface area contributed by atoms with Crippen LogP contribution >= 0.6 is 0 Å². The number of nitro benzene ring substituents is 1. The molecule has 2 aromatic carbocycles. The molecule has 0 saturated carbocycles. The number of quaternary nitrogens is 1. The Bertz CT molecular complexity index is 1050. The van der Waals surface area contributed by atoms with Crippen molar-refractivity contribution in [2.75, 3.05) is 34.4 Å². The Balaban J connectivity index is 0.000000636. The molecule has 32 heavy (non-hydrogen) atoms. The van der Waals surface area contributed by atoms with Crippen molar-refractivity contribution >= 4 is 28.0 Å². The largest absolute Gasteiger partial charge is 0.744 e. The van der Waals surface area contributed by atoms with Crippen molar-refractivity contribution in [1.29, 1.82) is 0 Å². The van der Waals surface area contributed by atoms with Crippen molar-refractivity contribution in [2.45, 2.75) is 17.7 Å². The lowest BCUT2D eigenvalue weighted by Gasteiger charge is -2.13. The molecule has 0 unspecified atom stereocenters. The molecule has 2 N–H and O–H groups in total. The summed E-state index contributed by atoms with van der Waals surface area (Å²) in [6, 6.07) is 6.28. The highest BCUT2D eigenvalue weighted by molar-refractivity contribution is 7.85. The molecule has 10 nitrogen and oxygen atoms in total. The molecule has 0 spiro atoms. The maximum atomic E-state index is 11.5. The van der Waals surface area contributed by atoms with Crippen molar-refractivity contribution in [1.82, 2.24) is 0 Å². The van der Waals surface area contributed by atoms with Crippen LogP contribution in [0.15, 0.2) is 35.2 Å². The van der Waals surface area contributed by atoms with E-state index in [1.807, 2.05) is 0 Å². The van der Waals surface area contributed by atoms with Gasteiger partial charge in [0.05, 0.1) is 44.2 Å². The summed E-state index contributed by atoms with van der Waals surface area (Å²) in [5.41, 5.74) is 0.0933. The second-order valence-corrected chi connectivity index (χ2v) is 8.15. The third-order valence-corrected chi connectivity index (χ3v) is 5.58. The van der Waals surface area contributed by atoms with Crippen molar-refractivity contribution in [3.05, 3.63) is 51.6 Å². The third kappa shape index (κ3) is 6.67. The quantitative estimate of drug-likeness (QED) is 0.282. The van der Waals surface area contributed by atoms with Crippen LogP contribution in [-0.4, -0.2) is 52.3 Å². The highest BCUT2D eigenvalue weighted by Gasteiger charge is 2.15. The van der Waals surface area contributed by atoms with Gasteiger partial charge in [-0.3, -0.25) is 10.1 Å². The lowest BCUT2D eigenvalue weighted by molar-refractivity contribution is -0.635. The molecular formula is C21H26N2O8S. The Hall–Kier alpha value is -3.15. The van der Waals surface area contributed by atoms with Gasteiger partial charge in [0.1, 0.15) is 10.1 Å². The molecule has 1 saturated heterocycles. The summed E-state index contributed by atoms with van der Waals surface area (Å²) in [6.07, 6.45) is 5.76. The predicted molar refractivity (Wildman–Crippen MR) is 117 cm³/mol. The Kier molecular flexibility index (Phi) is 9.00. The van der Waals surface area contributed by atoms with E-state index in [0.29, 0.717) is 22.8 Å². The number of rotatable bonds is 7. The van der Waals surface area contributed by atoms with Gasteiger partial charge in [0, 0.05) is 25.0 Å². The second-order valence-electron chi connectivity index (χ2n) is 6.80. The van der Waals surface area contributed by atoms with Crippen LogP contribution in [0.2, 0.25) is 0 Å². The lowest BCUT2D eigenvalue weighted by Crippen LogP contribution is -2.80. The standard InChI is InChI=1S/C17H17NO8S.C4H9N/c1-24-14-8-11(9-15(25-2)17(14)26-3)4-5-12-6-7-13(18(19)20)10-16(12)27(21,22)23;1-2-4-5-3-1/h4-10H,1-3H3,(H,21,22,23);5H,1-4H2/b5-4+;. The first kappa shape index (κ1) is 25.1. The van der Waals surface area contributed by atoms with E-state index in [0.717, 1.165) is 12.1 Å². The minimum atomic E-state index is -4.91.